The average molecular weight is 285 g/mol. The molecule has 0 atom stereocenters. The standard InChI is InChI=1S/C13H10F3NOS/c1-7-5-9(13(14,15)16)3-4-10(7)12(18)11-6-19-8(2)17-11/h3-6H,1-2H3. The molecule has 19 heavy (non-hydrogen) atoms. The molecule has 0 bridgehead atoms. The summed E-state index contributed by atoms with van der Waals surface area (Å²) in [6, 6.07) is 3.10. The van der Waals surface area contributed by atoms with Crippen LogP contribution in [0.2, 0.25) is 0 Å². The Bertz CT molecular complexity index is 631. The van der Waals surface area contributed by atoms with Crippen molar-refractivity contribution in [1.29, 1.82) is 0 Å². The van der Waals surface area contributed by atoms with E-state index < -0.39 is 11.7 Å². The van der Waals surface area contributed by atoms with E-state index in [4.69, 9.17) is 0 Å². The third-order valence-electron chi connectivity index (χ3n) is 2.65. The predicted octanol–water partition coefficient (Wildman–Crippen LogP) is 4.01. The Morgan fingerprint density at radius 1 is 1.26 bits per heavy atom. The van der Waals surface area contributed by atoms with Gasteiger partial charge in [-0.3, -0.25) is 4.79 Å². The van der Waals surface area contributed by atoms with Crippen molar-refractivity contribution in [2.24, 2.45) is 0 Å². The number of hydrogen-bond acceptors (Lipinski definition) is 3. The molecule has 0 saturated heterocycles. The van der Waals surface area contributed by atoms with Crippen LogP contribution in [0.4, 0.5) is 13.2 Å². The molecule has 0 aliphatic rings. The van der Waals surface area contributed by atoms with Gasteiger partial charge in [0.05, 0.1) is 10.6 Å². The summed E-state index contributed by atoms with van der Waals surface area (Å²) in [5.41, 5.74) is 0.0603. The number of aryl methyl sites for hydroxylation is 2. The highest BCUT2D eigenvalue weighted by Crippen LogP contribution is 2.30. The molecule has 0 fully saturated rings. The number of nitrogens with zero attached hydrogens (tertiary/aromatic N) is 1. The lowest BCUT2D eigenvalue weighted by atomic mass is 10.0. The van der Waals surface area contributed by atoms with Crippen molar-refractivity contribution in [2.45, 2.75) is 20.0 Å². The third kappa shape index (κ3) is 2.84. The summed E-state index contributed by atoms with van der Waals surface area (Å²) in [5.74, 6) is -0.351. The molecule has 0 amide bonds. The van der Waals surface area contributed by atoms with Gasteiger partial charge in [0.1, 0.15) is 5.69 Å². The Kier molecular flexibility index (Phi) is 3.45. The first kappa shape index (κ1) is 13.7. The number of rotatable bonds is 2. The summed E-state index contributed by atoms with van der Waals surface area (Å²) in [5, 5.41) is 2.35. The summed E-state index contributed by atoms with van der Waals surface area (Å²) < 4.78 is 37.6. The number of hydrogen-bond donors (Lipinski definition) is 0. The Balaban J connectivity index is 2.39. The van der Waals surface area contributed by atoms with Crippen LogP contribution < -0.4 is 0 Å². The van der Waals surface area contributed by atoms with Crippen LogP contribution in [0.3, 0.4) is 0 Å². The summed E-state index contributed by atoms with van der Waals surface area (Å²) in [7, 11) is 0. The van der Waals surface area contributed by atoms with E-state index in [1.807, 2.05) is 0 Å². The monoisotopic (exact) mass is 285 g/mol. The number of benzene rings is 1. The number of carbonyl (C=O) groups excluding carboxylic acids is 1. The van der Waals surface area contributed by atoms with Crippen LogP contribution in [0.25, 0.3) is 0 Å². The lowest BCUT2D eigenvalue weighted by Gasteiger charge is -2.09. The topological polar surface area (TPSA) is 30.0 Å². The first-order valence-electron chi connectivity index (χ1n) is 5.43. The van der Waals surface area contributed by atoms with Crippen LogP contribution in [0.1, 0.15) is 32.2 Å². The fourth-order valence-corrected chi connectivity index (χ4v) is 2.29. The van der Waals surface area contributed by atoms with Gasteiger partial charge in [0.25, 0.3) is 0 Å². The van der Waals surface area contributed by atoms with Crippen LogP contribution in [-0.2, 0) is 6.18 Å². The summed E-state index contributed by atoms with van der Waals surface area (Å²) >= 11 is 1.33. The minimum absolute atomic E-state index is 0.248. The van der Waals surface area contributed by atoms with Crippen molar-refractivity contribution in [3.05, 3.63) is 51.0 Å². The van der Waals surface area contributed by atoms with Gasteiger partial charge in [0, 0.05) is 10.9 Å². The largest absolute Gasteiger partial charge is 0.416 e. The summed E-state index contributed by atoms with van der Waals surface area (Å²) in [6.45, 7) is 3.25. The molecule has 1 aromatic heterocycles. The first-order valence-corrected chi connectivity index (χ1v) is 6.31. The van der Waals surface area contributed by atoms with Gasteiger partial charge >= 0.3 is 6.18 Å². The van der Waals surface area contributed by atoms with Gasteiger partial charge in [-0.05, 0) is 31.5 Å². The van der Waals surface area contributed by atoms with Gasteiger partial charge in [-0.15, -0.1) is 11.3 Å². The minimum Gasteiger partial charge on any atom is -0.287 e. The van der Waals surface area contributed by atoms with E-state index in [0.717, 1.165) is 17.1 Å². The maximum absolute atomic E-state index is 12.5. The lowest BCUT2D eigenvalue weighted by Crippen LogP contribution is -2.09. The summed E-state index contributed by atoms with van der Waals surface area (Å²) in [6.07, 6.45) is -4.40. The second-order valence-electron chi connectivity index (χ2n) is 4.11. The smallest absolute Gasteiger partial charge is 0.287 e. The van der Waals surface area contributed by atoms with Gasteiger partial charge < -0.3 is 0 Å². The number of alkyl halides is 3. The molecule has 100 valence electrons. The summed E-state index contributed by atoms with van der Waals surface area (Å²) in [4.78, 5) is 16.2. The van der Waals surface area contributed by atoms with Crippen molar-refractivity contribution in [3.63, 3.8) is 0 Å². The van der Waals surface area contributed by atoms with Gasteiger partial charge in [-0.2, -0.15) is 13.2 Å². The predicted molar refractivity (Wildman–Crippen MR) is 66.5 cm³/mol. The Hall–Kier alpha value is -1.69. The second-order valence-corrected chi connectivity index (χ2v) is 5.17. The Morgan fingerprint density at radius 2 is 1.95 bits per heavy atom. The molecule has 0 unspecified atom stereocenters. The van der Waals surface area contributed by atoms with E-state index in [2.05, 4.69) is 4.98 Å². The molecule has 0 radical (unpaired) electrons. The lowest BCUT2D eigenvalue weighted by molar-refractivity contribution is -0.137. The van der Waals surface area contributed by atoms with Crippen LogP contribution in [0, 0.1) is 13.8 Å². The molecule has 0 N–H and O–H groups in total. The highest BCUT2D eigenvalue weighted by molar-refractivity contribution is 7.09. The van der Waals surface area contributed by atoms with Crippen LogP contribution in [0.15, 0.2) is 23.6 Å². The van der Waals surface area contributed by atoms with E-state index in [1.54, 1.807) is 12.3 Å². The fourth-order valence-electron chi connectivity index (χ4n) is 1.70. The molecule has 0 aliphatic heterocycles. The van der Waals surface area contributed by atoms with E-state index in [0.29, 0.717) is 5.56 Å². The van der Waals surface area contributed by atoms with E-state index in [9.17, 15) is 18.0 Å². The van der Waals surface area contributed by atoms with Crippen molar-refractivity contribution >= 4 is 17.1 Å². The molecule has 2 aromatic rings. The Morgan fingerprint density at radius 3 is 2.42 bits per heavy atom. The van der Waals surface area contributed by atoms with Crippen LogP contribution in [-0.4, -0.2) is 10.8 Å². The molecule has 1 heterocycles. The number of ketones is 1. The number of aromatic nitrogens is 1. The molecule has 0 spiro atoms. The molecule has 6 heteroatoms. The zero-order chi connectivity index (χ0) is 14.2. The molecular weight excluding hydrogens is 275 g/mol. The van der Waals surface area contributed by atoms with Crippen LogP contribution >= 0.6 is 11.3 Å². The number of thiazole rings is 1. The maximum atomic E-state index is 12.5. The molecule has 0 saturated carbocycles. The van der Waals surface area contributed by atoms with E-state index in [-0.39, 0.29) is 17.0 Å². The van der Waals surface area contributed by atoms with Crippen molar-refractivity contribution in [2.75, 3.05) is 0 Å². The van der Waals surface area contributed by atoms with E-state index >= 15 is 0 Å². The third-order valence-corrected chi connectivity index (χ3v) is 3.42. The SMILES string of the molecule is Cc1nc(C(=O)c2ccc(C(F)(F)F)cc2C)cs1. The van der Waals surface area contributed by atoms with Crippen molar-refractivity contribution < 1.29 is 18.0 Å². The molecule has 2 nitrogen and oxygen atoms in total. The molecule has 1 aromatic carbocycles. The Labute approximate surface area is 111 Å². The zero-order valence-electron chi connectivity index (χ0n) is 10.2. The van der Waals surface area contributed by atoms with Crippen LogP contribution in [0.5, 0.6) is 0 Å². The molecule has 2 rings (SSSR count). The van der Waals surface area contributed by atoms with Crippen molar-refractivity contribution in [1.82, 2.24) is 4.98 Å². The van der Waals surface area contributed by atoms with E-state index in [1.165, 1.54) is 24.3 Å². The highest BCUT2D eigenvalue weighted by Gasteiger charge is 2.31. The zero-order valence-corrected chi connectivity index (χ0v) is 11.0. The number of carbonyl (C=O) groups is 1. The second kappa shape index (κ2) is 4.77. The first-order chi connectivity index (χ1) is 8.79. The van der Waals surface area contributed by atoms with Gasteiger partial charge in [0.2, 0.25) is 5.78 Å². The van der Waals surface area contributed by atoms with Gasteiger partial charge in [-0.25, -0.2) is 4.98 Å². The number of halogens is 3. The normalized spacial score (nSPS) is 11.6. The average Bonchev–Trinajstić information content (AvgIpc) is 2.73. The molecular formula is C13H10F3NOS. The quantitative estimate of drug-likeness (QED) is 0.780. The molecule has 0 aliphatic carbocycles. The van der Waals surface area contributed by atoms with Gasteiger partial charge in [0.15, 0.2) is 0 Å². The minimum atomic E-state index is -4.40. The maximum Gasteiger partial charge on any atom is 0.416 e. The fraction of sp³-hybridized carbons (Fsp3) is 0.231. The highest BCUT2D eigenvalue weighted by atomic mass is 32.1. The van der Waals surface area contributed by atoms with Crippen molar-refractivity contribution in [3.8, 4) is 0 Å². The van der Waals surface area contributed by atoms with Gasteiger partial charge in [-0.1, -0.05) is 6.07 Å².